The molecule has 0 saturated carbocycles. The monoisotopic (exact) mass is 378 g/mol. The van der Waals surface area contributed by atoms with Crippen molar-refractivity contribution in [3.8, 4) is 11.8 Å². The van der Waals surface area contributed by atoms with Crippen LogP contribution in [0.1, 0.15) is 28.8 Å². The van der Waals surface area contributed by atoms with Gasteiger partial charge < -0.3 is 20.5 Å². The molecule has 140 valence electrons. The zero-order valence-corrected chi connectivity index (χ0v) is 15.5. The molecule has 2 aliphatic heterocycles. The van der Waals surface area contributed by atoms with Crippen LogP contribution in [0.25, 0.3) is 0 Å². The Morgan fingerprint density at radius 1 is 1.62 bits per heavy atom. The average Bonchev–Trinajstić information content (AvgIpc) is 3.13. The van der Waals surface area contributed by atoms with E-state index in [1.807, 2.05) is 0 Å². The first-order chi connectivity index (χ1) is 12.5. The largest absolute Gasteiger partial charge is 0.492 e. The van der Waals surface area contributed by atoms with Crippen LogP contribution in [0.4, 0.5) is 5.69 Å². The van der Waals surface area contributed by atoms with Crippen LogP contribution in [0.3, 0.4) is 0 Å². The number of nitrogens with zero attached hydrogens (tertiary/aromatic N) is 2. The van der Waals surface area contributed by atoms with E-state index in [1.54, 1.807) is 13.2 Å². The number of methoxy groups -OCH3 is 1. The molecule has 0 spiro atoms. The summed E-state index contributed by atoms with van der Waals surface area (Å²) in [6.45, 7) is 2.70. The quantitative estimate of drug-likeness (QED) is 0.754. The highest BCUT2D eigenvalue weighted by atomic mass is 35.5. The van der Waals surface area contributed by atoms with Crippen LogP contribution in [0.2, 0.25) is 5.02 Å². The van der Waals surface area contributed by atoms with Gasteiger partial charge in [0.2, 0.25) is 0 Å². The number of ether oxygens (including phenoxy) is 2. The second kappa shape index (κ2) is 8.12. The van der Waals surface area contributed by atoms with Crippen molar-refractivity contribution in [1.82, 2.24) is 10.2 Å². The van der Waals surface area contributed by atoms with E-state index in [2.05, 4.69) is 16.3 Å². The molecular formula is C18H23ClN4O3. The summed E-state index contributed by atoms with van der Waals surface area (Å²) in [5.74, 6) is 0.299. The molecule has 2 unspecified atom stereocenters. The van der Waals surface area contributed by atoms with Gasteiger partial charge in [0.25, 0.3) is 5.91 Å². The summed E-state index contributed by atoms with van der Waals surface area (Å²) in [4.78, 5) is 15.0. The zero-order valence-electron chi connectivity index (χ0n) is 14.8. The topological polar surface area (TPSA) is 101 Å². The number of rotatable bonds is 5. The molecular weight excluding hydrogens is 356 g/mol. The molecule has 3 N–H and O–H groups in total. The summed E-state index contributed by atoms with van der Waals surface area (Å²) in [5, 5.41) is 12.2. The maximum atomic E-state index is 12.8. The van der Waals surface area contributed by atoms with Crippen LogP contribution in [0, 0.1) is 11.3 Å². The number of carbonyl (C=O) groups excluding carboxylic acids is 1. The van der Waals surface area contributed by atoms with Gasteiger partial charge in [0.05, 0.1) is 41.1 Å². The van der Waals surface area contributed by atoms with Gasteiger partial charge in [-0.25, -0.2) is 0 Å². The van der Waals surface area contributed by atoms with E-state index in [-0.39, 0.29) is 18.1 Å². The fourth-order valence-corrected chi connectivity index (χ4v) is 3.80. The number of hydrogen-bond donors (Lipinski definition) is 2. The lowest BCUT2D eigenvalue weighted by Crippen LogP contribution is -2.54. The average molecular weight is 379 g/mol. The van der Waals surface area contributed by atoms with E-state index >= 15 is 0 Å². The van der Waals surface area contributed by atoms with E-state index in [0.29, 0.717) is 54.6 Å². The van der Waals surface area contributed by atoms with Crippen molar-refractivity contribution < 1.29 is 14.3 Å². The Balaban J connectivity index is 1.72. The summed E-state index contributed by atoms with van der Waals surface area (Å²) in [7, 11) is 1.64. The van der Waals surface area contributed by atoms with Crippen molar-refractivity contribution in [3.05, 3.63) is 22.2 Å². The Labute approximate surface area is 158 Å². The van der Waals surface area contributed by atoms with Gasteiger partial charge in [0, 0.05) is 45.1 Å². The van der Waals surface area contributed by atoms with Crippen molar-refractivity contribution in [2.45, 2.75) is 31.4 Å². The number of nitrogen functional groups attached to an aromatic ring is 1. The minimum absolute atomic E-state index is 0.112. The van der Waals surface area contributed by atoms with Gasteiger partial charge in [0.15, 0.2) is 0 Å². The van der Waals surface area contributed by atoms with E-state index in [4.69, 9.17) is 32.1 Å². The molecule has 0 bridgehead atoms. The van der Waals surface area contributed by atoms with Crippen LogP contribution in [-0.4, -0.2) is 56.3 Å². The van der Waals surface area contributed by atoms with Gasteiger partial charge in [-0.1, -0.05) is 11.6 Å². The van der Waals surface area contributed by atoms with Crippen molar-refractivity contribution in [2.75, 3.05) is 39.1 Å². The van der Waals surface area contributed by atoms with E-state index in [0.717, 1.165) is 18.5 Å². The molecule has 1 aromatic rings. The summed E-state index contributed by atoms with van der Waals surface area (Å²) < 4.78 is 11.2. The van der Waals surface area contributed by atoms with Gasteiger partial charge in [0.1, 0.15) is 5.75 Å². The Kier molecular flexibility index (Phi) is 5.87. The number of fused-ring (bicyclic) bond motifs is 1. The molecule has 1 saturated heterocycles. The van der Waals surface area contributed by atoms with Crippen molar-refractivity contribution in [3.63, 3.8) is 0 Å². The van der Waals surface area contributed by atoms with Crippen LogP contribution in [0.5, 0.6) is 5.75 Å². The number of benzene rings is 1. The van der Waals surface area contributed by atoms with Gasteiger partial charge >= 0.3 is 0 Å². The molecule has 1 aromatic carbocycles. The van der Waals surface area contributed by atoms with Gasteiger partial charge in [-0.2, -0.15) is 5.26 Å². The molecule has 1 amide bonds. The van der Waals surface area contributed by atoms with E-state index in [1.165, 1.54) is 0 Å². The van der Waals surface area contributed by atoms with E-state index < -0.39 is 0 Å². The Hall–Kier alpha value is -2.01. The molecule has 2 atom stereocenters. The number of anilines is 1. The summed E-state index contributed by atoms with van der Waals surface area (Å²) in [6.07, 6.45) is 1.76. The molecule has 2 aliphatic rings. The number of nitrogens with one attached hydrogen (secondary N) is 1. The number of hydrogen-bond acceptors (Lipinski definition) is 6. The molecule has 0 radical (unpaired) electrons. The minimum atomic E-state index is -0.234. The van der Waals surface area contributed by atoms with E-state index in [9.17, 15) is 4.79 Å². The fourth-order valence-electron chi connectivity index (χ4n) is 3.58. The molecule has 1 fully saturated rings. The van der Waals surface area contributed by atoms with Crippen molar-refractivity contribution >= 4 is 23.2 Å². The van der Waals surface area contributed by atoms with Crippen LogP contribution >= 0.6 is 11.6 Å². The molecule has 2 heterocycles. The summed E-state index contributed by atoms with van der Waals surface area (Å²) >= 11 is 6.19. The molecule has 3 rings (SSSR count). The number of likely N-dealkylation sites (tertiary alicyclic amines) is 1. The molecule has 26 heavy (non-hydrogen) atoms. The third-order valence-corrected chi connectivity index (χ3v) is 5.33. The highest BCUT2D eigenvalue weighted by Crippen LogP contribution is 2.38. The second-order valence-electron chi connectivity index (χ2n) is 6.58. The Morgan fingerprint density at radius 3 is 3.15 bits per heavy atom. The fraction of sp³-hybridized carbons (Fsp3) is 0.556. The lowest BCUT2D eigenvalue weighted by molar-refractivity contribution is 0.00705. The number of piperidine rings is 1. The predicted octanol–water partition coefficient (Wildman–Crippen LogP) is 1.59. The molecule has 7 nitrogen and oxygen atoms in total. The SMILES string of the molecule is COC1CN(CCC#N)CCC1NC(=O)c1cc(Cl)c(N)c2c1OCC2. The van der Waals surface area contributed by atoms with Gasteiger partial charge in [-0.05, 0) is 12.5 Å². The number of nitrogens with two attached hydrogens (primary N) is 1. The minimum Gasteiger partial charge on any atom is -0.492 e. The maximum absolute atomic E-state index is 12.8. The van der Waals surface area contributed by atoms with Crippen molar-refractivity contribution in [2.24, 2.45) is 0 Å². The highest BCUT2D eigenvalue weighted by molar-refractivity contribution is 6.33. The lowest BCUT2D eigenvalue weighted by Gasteiger charge is -2.37. The Morgan fingerprint density at radius 2 is 2.42 bits per heavy atom. The third kappa shape index (κ3) is 3.73. The number of amides is 1. The predicted molar refractivity (Wildman–Crippen MR) is 98.4 cm³/mol. The highest BCUT2D eigenvalue weighted by Gasteiger charge is 2.32. The van der Waals surface area contributed by atoms with Crippen LogP contribution < -0.4 is 15.8 Å². The first-order valence-electron chi connectivity index (χ1n) is 8.71. The first kappa shape index (κ1) is 18.8. The second-order valence-corrected chi connectivity index (χ2v) is 6.98. The van der Waals surface area contributed by atoms with Gasteiger partial charge in [-0.15, -0.1) is 0 Å². The van der Waals surface area contributed by atoms with Gasteiger partial charge in [-0.3, -0.25) is 9.69 Å². The zero-order chi connectivity index (χ0) is 18.7. The smallest absolute Gasteiger partial charge is 0.255 e. The summed E-state index contributed by atoms with van der Waals surface area (Å²) in [5.41, 5.74) is 7.69. The van der Waals surface area contributed by atoms with Crippen LogP contribution in [-0.2, 0) is 11.2 Å². The Bertz CT molecular complexity index is 734. The molecule has 0 aromatic heterocycles. The number of halogens is 1. The van der Waals surface area contributed by atoms with Crippen molar-refractivity contribution in [1.29, 1.82) is 5.26 Å². The lowest BCUT2D eigenvalue weighted by atomic mass is 10.00. The molecule has 0 aliphatic carbocycles. The summed E-state index contributed by atoms with van der Waals surface area (Å²) in [6, 6.07) is 3.62. The normalized spacial score (nSPS) is 22.3. The maximum Gasteiger partial charge on any atom is 0.255 e. The third-order valence-electron chi connectivity index (χ3n) is 5.02. The van der Waals surface area contributed by atoms with Crippen LogP contribution in [0.15, 0.2) is 6.07 Å². The standard InChI is InChI=1S/C18H23ClN4O3/c1-25-15-10-23(6-2-5-20)7-3-14(15)22-18(24)12-9-13(19)16(21)11-4-8-26-17(11)12/h9,14-15H,2-4,6-8,10,21H2,1H3,(H,22,24). The number of nitriles is 1. The molecule has 8 heteroatoms. The number of carbonyl (C=O) groups is 1. The first-order valence-corrected chi connectivity index (χ1v) is 9.09.